The molecule has 0 saturated carbocycles. The van der Waals surface area contributed by atoms with Crippen molar-refractivity contribution in [1.82, 2.24) is 0 Å². The standard InChI is InChI=1S/C23H14Cl2N2O2.C22H15Cl2NO2/c24-16-5-7-17(19(25)12-16)22(28)23-21(27)18-6-4-15(11-20(18)29-23)14-3-1-2-13(10-14)8-9-26;1-12-3-2-4-13(9-12)14-5-7-17-19(10-14)27-22(20(17)25)21(26)16-8-6-15(23)11-18(16)24/h1-7,10-12H,8,27H2;2-11H,25H2,1H3. The minimum Gasteiger partial charge on any atom is -0.450 e. The molecule has 2 heterocycles. The number of nitriles is 1. The summed E-state index contributed by atoms with van der Waals surface area (Å²) in [6.07, 6.45) is 0.338. The Morgan fingerprint density at radius 1 is 0.589 bits per heavy atom. The SMILES string of the molecule is Cc1cccc(-c2ccc3c(N)c(C(=O)c4ccc(Cl)cc4Cl)oc3c2)c1.N#CCc1cccc(-c2ccc3c(N)c(C(=O)c4ccc(Cl)cc4Cl)oc3c2)c1. The molecule has 0 atom stereocenters. The van der Waals surface area contributed by atoms with Crippen molar-refractivity contribution in [2.24, 2.45) is 0 Å². The van der Waals surface area contributed by atoms with E-state index in [0.29, 0.717) is 49.7 Å². The van der Waals surface area contributed by atoms with E-state index >= 15 is 0 Å². The van der Waals surface area contributed by atoms with E-state index < -0.39 is 5.78 Å². The van der Waals surface area contributed by atoms with Crippen molar-refractivity contribution in [1.29, 1.82) is 5.26 Å². The van der Waals surface area contributed by atoms with Crippen molar-refractivity contribution >= 4 is 91.3 Å². The number of fused-ring (bicyclic) bond motifs is 2. The molecule has 0 aliphatic heterocycles. The van der Waals surface area contributed by atoms with E-state index in [1.54, 1.807) is 24.3 Å². The second-order valence-corrected chi connectivity index (χ2v) is 14.6. The van der Waals surface area contributed by atoms with Gasteiger partial charge in [0.15, 0.2) is 11.5 Å². The lowest BCUT2D eigenvalue weighted by molar-refractivity contribution is 0.100. The summed E-state index contributed by atoms with van der Waals surface area (Å²) >= 11 is 24.1. The third-order valence-corrected chi connectivity index (χ3v) is 10.2. The van der Waals surface area contributed by atoms with Crippen molar-refractivity contribution in [3.8, 4) is 28.3 Å². The van der Waals surface area contributed by atoms with Crippen molar-refractivity contribution in [2.45, 2.75) is 13.3 Å². The molecule has 56 heavy (non-hydrogen) atoms. The van der Waals surface area contributed by atoms with Crippen molar-refractivity contribution in [3.05, 3.63) is 175 Å². The van der Waals surface area contributed by atoms with E-state index in [9.17, 15) is 9.59 Å². The van der Waals surface area contributed by atoms with Gasteiger partial charge in [0.2, 0.25) is 11.6 Å². The van der Waals surface area contributed by atoms with Gasteiger partial charge in [-0.15, -0.1) is 0 Å². The van der Waals surface area contributed by atoms with Gasteiger partial charge in [-0.05, 0) is 95.4 Å². The molecule has 0 amide bonds. The lowest BCUT2D eigenvalue weighted by atomic mass is 10.0. The first kappa shape index (κ1) is 38.3. The third-order valence-electron chi connectivity index (χ3n) is 9.12. The fourth-order valence-corrected chi connectivity index (χ4v) is 7.29. The molecule has 0 aliphatic rings. The van der Waals surface area contributed by atoms with Crippen molar-refractivity contribution in [3.63, 3.8) is 0 Å². The van der Waals surface area contributed by atoms with Gasteiger partial charge in [-0.2, -0.15) is 5.26 Å². The summed E-state index contributed by atoms with van der Waals surface area (Å²) in [5, 5.41) is 11.6. The Balaban J connectivity index is 0.000000172. The molecule has 4 N–H and O–H groups in total. The number of furan rings is 2. The molecule has 0 spiro atoms. The maximum atomic E-state index is 12.9. The largest absolute Gasteiger partial charge is 0.450 e. The first-order valence-corrected chi connectivity index (χ1v) is 18.6. The van der Waals surface area contributed by atoms with Gasteiger partial charge in [0.05, 0.1) is 33.9 Å². The van der Waals surface area contributed by atoms with Crippen LogP contribution in [0.2, 0.25) is 20.1 Å². The van der Waals surface area contributed by atoms with Crippen LogP contribution < -0.4 is 11.5 Å². The monoisotopic (exact) mass is 815 g/mol. The molecule has 6 aromatic carbocycles. The number of carbonyl (C=O) groups excluding carboxylic acids is 2. The summed E-state index contributed by atoms with van der Waals surface area (Å²) in [6, 6.07) is 38.6. The lowest BCUT2D eigenvalue weighted by Crippen LogP contribution is -2.03. The minimum atomic E-state index is -0.405. The van der Waals surface area contributed by atoms with E-state index in [2.05, 4.69) is 12.1 Å². The summed E-state index contributed by atoms with van der Waals surface area (Å²) in [5.74, 6) is -0.657. The zero-order valence-electron chi connectivity index (χ0n) is 29.5. The van der Waals surface area contributed by atoms with Crippen LogP contribution in [0.4, 0.5) is 11.4 Å². The van der Waals surface area contributed by atoms with Crippen LogP contribution in [0.5, 0.6) is 0 Å². The number of halogens is 4. The van der Waals surface area contributed by atoms with E-state index in [-0.39, 0.29) is 38.6 Å². The fourth-order valence-electron chi connectivity index (χ4n) is 6.30. The number of anilines is 2. The average molecular weight is 818 g/mol. The Kier molecular flexibility index (Phi) is 10.9. The molecule has 0 saturated heterocycles. The number of aryl methyl sites for hydroxylation is 1. The van der Waals surface area contributed by atoms with Gasteiger partial charge in [-0.3, -0.25) is 9.59 Å². The first-order chi connectivity index (χ1) is 26.9. The normalized spacial score (nSPS) is 10.9. The number of nitrogen functional groups attached to an aromatic ring is 2. The molecule has 2 aromatic heterocycles. The number of benzene rings is 6. The minimum absolute atomic E-state index is 0.0413. The maximum Gasteiger partial charge on any atom is 0.231 e. The Hall–Kier alpha value is -6.01. The molecule has 0 bridgehead atoms. The summed E-state index contributed by atoms with van der Waals surface area (Å²) in [6.45, 7) is 2.04. The highest BCUT2D eigenvalue weighted by Gasteiger charge is 2.24. The Bertz CT molecular complexity index is 2890. The van der Waals surface area contributed by atoms with Gasteiger partial charge in [0, 0.05) is 31.9 Å². The Labute approximate surface area is 341 Å². The van der Waals surface area contributed by atoms with Gasteiger partial charge in [0.1, 0.15) is 11.2 Å². The van der Waals surface area contributed by atoms with E-state index in [4.69, 9.17) is 72.0 Å². The van der Waals surface area contributed by atoms with Gasteiger partial charge in [-0.25, -0.2) is 0 Å². The number of carbonyl (C=O) groups is 2. The molecular weight excluding hydrogens is 788 g/mol. The smallest absolute Gasteiger partial charge is 0.231 e. The molecule has 0 aliphatic carbocycles. The van der Waals surface area contributed by atoms with Crippen molar-refractivity contribution in [2.75, 3.05) is 11.5 Å². The lowest BCUT2D eigenvalue weighted by Gasteiger charge is -2.03. The number of rotatable bonds is 7. The topological polar surface area (TPSA) is 136 Å². The summed E-state index contributed by atoms with van der Waals surface area (Å²) < 4.78 is 11.6. The molecule has 8 rings (SSSR count). The summed E-state index contributed by atoms with van der Waals surface area (Å²) in [7, 11) is 0. The summed E-state index contributed by atoms with van der Waals surface area (Å²) in [4.78, 5) is 25.8. The van der Waals surface area contributed by atoms with Gasteiger partial charge in [0.25, 0.3) is 0 Å². The van der Waals surface area contributed by atoms with Crippen LogP contribution in [0.15, 0.2) is 130 Å². The second-order valence-electron chi connectivity index (χ2n) is 12.9. The fraction of sp³-hybridized carbons (Fsp3) is 0.0444. The van der Waals surface area contributed by atoms with E-state index in [1.807, 2.05) is 85.8 Å². The van der Waals surface area contributed by atoms with Crippen LogP contribution >= 0.6 is 46.4 Å². The third kappa shape index (κ3) is 7.74. The van der Waals surface area contributed by atoms with Crippen LogP contribution in [0.1, 0.15) is 43.4 Å². The number of nitrogens with two attached hydrogens (primary N) is 2. The Morgan fingerprint density at radius 2 is 1.05 bits per heavy atom. The van der Waals surface area contributed by atoms with Crippen LogP contribution in [0.25, 0.3) is 44.2 Å². The maximum absolute atomic E-state index is 12.9. The number of nitrogens with zero attached hydrogens (tertiary/aromatic N) is 1. The van der Waals surface area contributed by atoms with Crippen molar-refractivity contribution < 1.29 is 18.4 Å². The highest BCUT2D eigenvalue weighted by Crippen LogP contribution is 2.36. The number of ketones is 2. The highest BCUT2D eigenvalue weighted by atomic mass is 35.5. The predicted molar refractivity (Wildman–Crippen MR) is 226 cm³/mol. The molecule has 0 unspecified atom stereocenters. The molecule has 0 fully saturated rings. The van der Waals surface area contributed by atoms with E-state index in [0.717, 1.165) is 27.8 Å². The molecular formula is C45H29Cl4N3O4. The van der Waals surface area contributed by atoms with Gasteiger partial charge >= 0.3 is 0 Å². The second kappa shape index (κ2) is 16.0. The highest BCUT2D eigenvalue weighted by molar-refractivity contribution is 6.38. The van der Waals surface area contributed by atoms with Crippen LogP contribution in [0.3, 0.4) is 0 Å². The van der Waals surface area contributed by atoms with Gasteiger partial charge < -0.3 is 20.3 Å². The Morgan fingerprint density at radius 3 is 1.52 bits per heavy atom. The number of hydrogen-bond donors (Lipinski definition) is 2. The van der Waals surface area contributed by atoms with Crippen LogP contribution in [-0.2, 0) is 6.42 Å². The first-order valence-electron chi connectivity index (χ1n) is 17.1. The quantitative estimate of drug-likeness (QED) is 0.153. The molecule has 8 aromatic rings. The average Bonchev–Trinajstić information content (AvgIpc) is 3.70. The molecule has 276 valence electrons. The molecule has 0 radical (unpaired) electrons. The summed E-state index contributed by atoms with van der Waals surface area (Å²) in [5.41, 5.74) is 20.6. The zero-order valence-corrected chi connectivity index (χ0v) is 32.5. The number of hydrogen-bond acceptors (Lipinski definition) is 7. The van der Waals surface area contributed by atoms with Crippen LogP contribution in [-0.4, -0.2) is 11.6 Å². The molecule has 11 heteroatoms. The predicted octanol–water partition coefficient (Wildman–Crippen LogP) is 12.8. The zero-order chi connectivity index (χ0) is 39.7. The van der Waals surface area contributed by atoms with Crippen LogP contribution in [0, 0.1) is 18.3 Å². The van der Waals surface area contributed by atoms with E-state index in [1.165, 1.54) is 17.7 Å². The molecule has 7 nitrogen and oxygen atoms in total. The van der Waals surface area contributed by atoms with Gasteiger partial charge in [-0.1, -0.05) is 113 Å².